The monoisotopic (exact) mass is 286 g/mol. The molecule has 0 N–H and O–H groups in total. The number of hydrogen-bond donors (Lipinski definition) is 0. The fourth-order valence-corrected chi connectivity index (χ4v) is 2.20. The average Bonchev–Trinajstić information content (AvgIpc) is 2.89. The SMILES string of the molecule is CCOC(=O)c1ncc(C(=O)N(CC)CCOC)s1. The Hall–Kier alpha value is -1.47. The molecular formula is C12H18N2O4S. The van der Waals surface area contributed by atoms with Crippen LogP contribution < -0.4 is 0 Å². The zero-order chi connectivity index (χ0) is 14.3. The van der Waals surface area contributed by atoms with Crippen molar-refractivity contribution in [2.75, 3.05) is 33.4 Å². The summed E-state index contributed by atoms with van der Waals surface area (Å²) >= 11 is 1.05. The molecule has 0 spiro atoms. The number of thiazole rings is 1. The van der Waals surface area contributed by atoms with Gasteiger partial charge < -0.3 is 14.4 Å². The van der Waals surface area contributed by atoms with Crippen molar-refractivity contribution in [2.24, 2.45) is 0 Å². The number of methoxy groups -OCH3 is 1. The summed E-state index contributed by atoms with van der Waals surface area (Å²) in [6.45, 7) is 5.47. The summed E-state index contributed by atoms with van der Waals surface area (Å²) in [7, 11) is 1.59. The third-order valence-electron chi connectivity index (χ3n) is 2.40. The first-order chi connectivity index (χ1) is 9.13. The smallest absolute Gasteiger partial charge is 0.367 e. The van der Waals surface area contributed by atoms with E-state index >= 15 is 0 Å². The molecule has 1 heterocycles. The fraction of sp³-hybridized carbons (Fsp3) is 0.583. The van der Waals surface area contributed by atoms with E-state index in [1.807, 2.05) is 6.92 Å². The highest BCUT2D eigenvalue weighted by Crippen LogP contribution is 2.16. The predicted octanol–water partition coefficient (Wildman–Crippen LogP) is 1.43. The van der Waals surface area contributed by atoms with Gasteiger partial charge in [0.15, 0.2) is 0 Å². The summed E-state index contributed by atoms with van der Waals surface area (Å²) in [6.07, 6.45) is 1.41. The van der Waals surface area contributed by atoms with E-state index in [4.69, 9.17) is 9.47 Å². The van der Waals surface area contributed by atoms with Gasteiger partial charge in [-0.1, -0.05) is 0 Å². The minimum Gasteiger partial charge on any atom is -0.461 e. The van der Waals surface area contributed by atoms with E-state index in [0.717, 1.165) is 11.3 Å². The van der Waals surface area contributed by atoms with Gasteiger partial charge in [-0.2, -0.15) is 0 Å². The second-order valence-electron chi connectivity index (χ2n) is 3.63. The highest BCUT2D eigenvalue weighted by molar-refractivity contribution is 7.15. The summed E-state index contributed by atoms with van der Waals surface area (Å²) in [6, 6.07) is 0. The zero-order valence-corrected chi connectivity index (χ0v) is 12.2. The van der Waals surface area contributed by atoms with Crippen molar-refractivity contribution in [3.8, 4) is 0 Å². The number of rotatable bonds is 7. The lowest BCUT2D eigenvalue weighted by Gasteiger charge is -2.19. The number of hydrogen-bond acceptors (Lipinski definition) is 6. The predicted molar refractivity (Wildman–Crippen MR) is 71.5 cm³/mol. The second kappa shape index (κ2) is 7.85. The zero-order valence-electron chi connectivity index (χ0n) is 11.3. The van der Waals surface area contributed by atoms with Crippen molar-refractivity contribution in [1.82, 2.24) is 9.88 Å². The normalized spacial score (nSPS) is 10.3. The molecule has 0 aromatic carbocycles. The third-order valence-corrected chi connectivity index (χ3v) is 3.37. The molecule has 0 saturated carbocycles. The Kier molecular flexibility index (Phi) is 6.44. The minimum atomic E-state index is -0.494. The van der Waals surface area contributed by atoms with Crippen molar-refractivity contribution in [2.45, 2.75) is 13.8 Å². The number of carbonyl (C=O) groups excluding carboxylic acids is 2. The van der Waals surface area contributed by atoms with Crippen LogP contribution in [0.2, 0.25) is 0 Å². The number of esters is 1. The number of amides is 1. The van der Waals surface area contributed by atoms with Crippen LogP contribution in [0, 0.1) is 0 Å². The maximum Gasteiger partial charge on any atom is 0.367 e. The number of carbonyl (C=O) groups is 2. The number of nitrogens with zero attached hydrogens (tertiary/aromatic N) is 2. The van der Waals surface area contributed by atoms with Crippen LogP contribution in [-0.2, 0) is 9.47 Å². The van der Waals surface area contributed by atoms with Crippen molar-refractivity contribution in [3.05, 3.63) is 16.1 Å². The van der Waals surface area contributed by atoms with Gasteiger partial charge in [0, 0.05) is 20.2 Å². The van der Waals surface area contributed by atoms with Gasteiger partial charge in [0.1, 0.15) is 4.88 Å². The molecule has 1 aromatic heterocycles. The van der Waals surface area contributed by atoms with E-state index < -0.39 is 5.97 Å². The molecule has 106 valence electrons. The van der Waals surface area contributed by atoms with E-state index in [1.54, 1.807) is 18.9 Å². The molecule has 0 aliphatic heterocycles. The number of aromatic nitrogens is 1. The van der Waals surface area contributed by atoms with Crippen molar-refractivity contribution in [3.63, 3.8) is 0 Å². The van der Waals surface area contributed by atoms with E-state index in [9.17, 15) is 9.59 Å². The number of likely N-dealkylation sites (N-methyl/N-ethyl adjacent to an activating group) is 1. The highest BCUT2D eigenvalue weighted by atomic mass is 32.1. The molecule has 0 unspecified atom stereocenters. The van der Waals surface area contributed by atoms with Crippen LogP contribution in [0.3, 0.4) is 0 Å². The molecule has 1 aromatic rings. The highest BCUT2D eigenvalue weighted by Gasteiger charge is 2.19. The van der Waals surface area contributed by atoms with Gasteiger partial charge >= 0.3 is 5.97 Å². The Morgan fingerprint density at radius 2 is 2.16 bits per heavy atom. The van der Waals surface area contributed by atoms with Gasteiger partial charge in [0.2, 0.25) is 5.01 Å². The topological polar surface area (TPSA) is 68.7 Å². The van der Waals surface area contributed by atoms with E-state index in [0.29, 0.717) is 24.6 Å². The molecule has 0 bridgehead atoms. The fourth-order valence-electron chi connectivity index (χ4n) is 1.42. The lowest BCUT2D eigenvalue weighted by Crippen LogP contribution is -2.33. The van der Waals surface area contributed by atoms with Crippen LogP contribution in [-0.4, -0.2) is 55.2 Å². The molecule has 7 heteroatoms. The van der Waals surface area contributed by atoms with Gasteiger partial charge in [0.25, 0.3) is 5.91 Å². The molecule has 0 atom stereocenters. The van der Waals surface area contributed by atoms with Crippen LogP contribution in [0.15, 0.2) is 6.20 Å². The molecule has 19 heavy (non-hydrogen) atoms. The van der Waals surface area contributed by atoms with Gasteiger partial charge in [-0.25, -0.2) is 9.78 Å². The summed E-state index contributed by atoms with van der Waals surface area (Å²) in [5, 5.41) is 0.202. The van der Waals surface area contributed by atoms with E-state index in [1.165, 1.54) is 6.20 Å². The van der Waals surface area contributed by atoms with Crippen LogP contribution in [0.5, 0.6) is 0 Å². The first-order valence-corrected chi connectivity index (χ1v) is 6.86. The van der Waals surface area contributed by atoms with Gasteiger partial charge in [-0.3, -0.25) is 4.79 Å². The molecule has 0 saturated heterocycles. The Morgan fingerprint density at radius 3 is 2.74 bits per heavy atom. The van der Waals surface area contributed by atoms with Gasteiger partial charge in [-0.05, 0) is 13.8 Å². The molecule has 0 fully saturated rings. The summed E-state index contributed by atoms with van der Waals surface area (Å²) in [4.78, 5) is 29.6. The first kappa shape index (κ1) is 15.6. The molecular weight excluding hydrogens is 268 g/mol. The second-order valence-corrected chi connectivity index (χ2v) is 4.66. The lowest BCUT2D eigenvalue weighted by atomic mass is 10.4. The first-order valence-electron chi connectivity index (χ1n) is 6.05. The molecule has 1 rings (SSSR count). The van der Waals surface area contributed by atoms with Crippen LogP contribution in [0.1, 0.15) is 33.3 Å². The van der Waals surface area contributed by atoms with Crippen LogP contribution in [0.4, 0.5) is 0 Å². The lowest BCUT2D eigenvalue weighted by molar-refractivity contribution is 0.0525. The average molecular weight is 286 g/mol. The van der Waals surface area contributed by atoms with Gasteiger partial charge in [-0.15, -0.1) is 11.3 Å². The van der Waals surface area contributed by atoms with Crippen LogP contribution in [0.25, 0.3) is 0 Å². The van der Waals surface area contributed by atoms with Gasteiger partial charge in [0.05, 0.1) is 19.4 Å². The maximum absolute atomic E-state index is 12.2. The largest absolute Gasteiger partial charge is 0.461 e. The summed E-state index contributed by atoms with van der Waals surface area (Å²) < 4.78 is 9.79. The maximum atomic E-state index is 12.2. The Bertz CT molecular complexity index is 433. The third kappa shape index (κ3) is 4.29. The van der Waals surface area contributed by atoms with E-state index in [2.05, 4.69) is 4.98 Å². The summed E-state index contributed by atoms with van der Waals surface area (Å²) in [5.41, 5.74) is 0. The van der Waals surface area contributed by atoms with Crippen molar-refractivity contribution in [1.29, 1.82) is 0 Å². The molecule has 0 radical (unpaired) electrons. The molecule has 0 aliphatic rings. The minimum absolute atomic E-state index is 0.146. The Labute approximate surface area is 116 Å². The van der Waals surface area contributed by atoms with E-state index in [-0.39, 0.29) is 17.5 Å². The number of ether oxygens (including phenoxy) is 2. The molecule has 6 nitrogen and oxygen atoms in total. The molecule has 1 amide bonds. The standard InChI is InChI=1S/C12H18N2O4S/c1-4-14(6-7-17-3)11(15)9-8-13-10(19-9)12(16)18-5-2/h8H,4-7H2,1-3H3. The molecule has 0 aliphatic carbocycles. The Morgan fingerprint density at radius 1 is 1.42 bits per heavy atom. The quantitative estimate of drug-likeness (QED) is 0.709. The van der Waals surface area contributed by atoms with Crippen molar-refractivity contribution < 1.29 is 19.1 Å². The summed E-state index contributed by atoms with van der Waals surface area (Å²) in [5.74, 6) is -0.640. The van der Waals surface area contributed by atoms with Crippen LogP contribution >= 0.6 is 11.3 Å². The van der Waals surface area contributed by atoms with Crippen molar-refractivity contribution >= 4 is 23.2 Å². The Balaban J connectivity index is 2.73.